The SMILES string of the molecule is O[C@@H]1CO[C@H](CI)C1. The zero-order chi connectivity index (χ0) is 5.98. The van der Waals surface area contributed by atoms with Crippen LogP contribution in [0.5, 0.6) is 0 Å². The van der Waals surface area contributed by atoms with Gasteiger partial charge in [0.1, 0.15) is 0 Å². The van der Waals surface area contributed by atoms with Crippen molar-refractivity contribution in [1.82, 2.24) is 0 Å². The average Bonchev–Trinajstić information content (AvgIpc) is 2.14. The minimum atomic E-state index is -0.199. The van der Waals surface area contributed by atoms with Gasteiger partial charge >= 0.3 is 0 Å². The van der Waals surface area contributed by atoms with E-state index in [9.17, 15) is 0 Å². The van der Waals surface area contributed by atoms with Crippen LogP contribution in [0.4, 0.5) is 0 Å². The Kier molecular flexibility index (Phi) is 2.52. The smallest absolute Gasteiger partial charge is 0.0798 e. The number of ether oxygens (including phenoxy) is 1. The Labute approximate surface area is 62.4 Å². The van der Waals surface area contributed by atoms with E-state index in [2.05, 4.69) is 22.6 Å². The van der Waals surface area contributed by atoms with E-state index in [1.807, 2.05) is 0 Å². The van der Waals surface area contributed by atoms with Crippen LogP contribution in [0.3, 0.4) is 0 Å². The fraction of sp³-hybridized carbons (Fsp3) is 1.00. The van der Waals surface area contributed by atoms with Gasteiger partial charge in [-0.3, -0.25) is 0 Å². The summed E-state index contributed by atoms with van der Waals surface area (Å²) in [6.07, 6.45) is 0.934. The van der Waals surface area contributed by atoms with Gasteiger partial charge in [-0.25, -0.2) is 0 Å². The summed E-state index contributed by atoms with van der Waals surface area (Å²) in [6, 6.07) is 0. The highest BCUT2D eigenvalue weighted by Crippen LogP contribution is 2.14. The largest absolute Gasteiger partial charge is 0.391 e. The Balaban J connectivity index is 2.22. The lowest BCUT2D eigenvalue weighted by atomic mass is 10.2. The van der Waals surface area contributed by atoms with E-state index >= 15 is 0 Å². The number of hydrogen-bond donors (Lipinski definition) is 1. The van der Waals surface area contributed by atoms with E-state index in [1.165, 1.54) is 0 Å². The van der Waals surface area contributed by atoms with Gasteiger partial charge in [0, 0.05) is 10.8 Å². The van der Waals surface area contributed by atoms with Gasteiger partial charge in [-0.2, -0.15) is 0 Å². The maximum atomic E-state index is 8.90. The predicted octanol–water partition coefficient (Wildman–Crippen LogP) is 0.571. The molecule has 1 aliphatic heterocycles. The number of aliphatic hydroxyl groups is 1. The van der Waals surface area contributed by atoms with Crippen molar-refractivity contribution >= 4 is 22.6 Å². The van der Waals surface area contributed by atoms with Crippen LogP contribution in [-0.2, 0) is 4.74 Å². The molecular weight excluding hydrogens is 219 g/mol. The third kappa shape index (κ3) is 1.56. The zero-order valence-corrected chi connectivity index (χ0v) is 6.67. The first-order valence-corrected chi connectivity index (χ1v) is 4.21. The summed E-state index contributed by atoms with van der Waals surface area (Å²) in [5.41, 5.74) is 0. The van der Waals surface area contributed by atoms with Crippen molar-refractivity contribution in [1.29, 1.82) is 0 Å². The first-order chi connectivity index (χ1) is 3.83. The first-order valence-electron chi connectivity index (χ1n) is 2.68. The molecule has 0 bridgehead atoms. The fourth-order valence-electron chi connectivity index (χ4n) is 0.794. The summed E-state index contributed by atoms with van der Waals surface area (Å²) in [7, 11) is 0. The van der Waals surface area contributed by atoms with Crippen LogP contribution in [0, 0.1) is 0 Å². The fourth-order valence-corrected chi connectivity index (χ4v) is 1.41. The Morgan fingerprint density at radius 1 is 1.75 bits per heavy atom. The predicted molar refractivity (Wildman–Crippen MR) is 39.3 cm³/mol. The lowest BCUT2D eigenvalue weighted by Crippen LogP contribution is -2.06. The summed E-state index contributed by atoms with van der Waals surface area (Å²) in [5.74, 6) is 0. The molecule has 48 valence electrons. The van der Waals surface area contributed by atoms with Gasteiger partial charge in [0.05, 0.1) is 18.8 Å². The molecule has 1 saturated heterocycles. The Bertz CT molecular complexity index is 76.8. The molecule has 1 rings (SSSR count). The van der Waals surface area contributed by atoms with E-state index in [0.29, 0.717) is 12.7 Å². The van der Waals surface area contributed by atoms with Gasteiger partial charge in [-0.05, 0) is 0 Å². The molecule has 0 aromatic carbocycles. The van der Waals surface area contributed by atoms with Crippen molar-refractivity contribution in [2.24, 2.45) is 0 Å². The van der Waals surface area contributed by atoms with Crippen molar-refractivity contribution in [2.45, 2.75) is 18.6 Å². The minimum absolute atomic E-state index is 0.199. The zero-order valence-electron chi connectivity index (χ0n) is 4.51. The van der Waals surface area contributed by atoms with Gasteiger partial charge in [0.15, 0.2) is 0 Å². The second kappa shape index (κ2) is 2.98. The summed E-state index contributed by atoms with van der Waals surface area (Å²) < 4.78 is 6.15. The van der Waals surface area contributed by atoms with E-state index in [0.717, 1.165) is 10.8 Å². The molecule has 1 N–H and O–H groups in total. The highest BCUT2D eigenvalue weighted by atomic mass is 127. The average molecular weight is 228 g/mol. The first kappa shape index (κ1) is 6.77. The molecule has 0 aromatic heterocycles. The second-order valence-electron chi connectivity index (χ2n) is 2.00. The standard InChI is InChI=1S/C5H9IO2/c6-2-5-1-4(7)3-8-5/h4-5,7H,1-3H2/t4-,5-/m0/s1. The molecule has 0 amide bonds. The van der Waals surface area contributed by atoms with Crippen LogP contribution in [-0.4, -0.2) is 28.3 Å². The van der Waals surface area contributed by atoms with Crippen LogP contribution in [0.1, 0.15) is 6.42 Å². The van der Waals surface area contributed by atoms with Gasteiger partial charge in [-0.15, -0.1) is 0 Å². The van der Waals surface area contributed by atoms with Crippen molar-refractivity contribution in [3.05, 3.63) is 0 Å². The molecule has 0 aromatic rings. The lowest BCUT2D eigenvalue weighted by molar-refractivity contribution is 0.100. The second-order valence-corrected chi connectivity index (χ2v) is 2.88. The van der Waals surface area contributed by atoms with E-state index < -0.39 is 0 Å². The van der Waals surface area contributed by atoms with E-state index in [1.54, 1.807) is 0 Å². The molecule has 1 heterocycles. The number of hydrogen-bond acceptors (Lipinski definition) is 2. The summed E-state index contributed by atoms with van der Waals surface area (Å²) in [4.78, 5) is 0. The van der Waals surface area contributed by atoms with E-state index in [-0.39, 0.29) is 6.10 Å². The third-order valence-corrected chi connectivity index (χ3v) is 2.21. The number of rotatable bonds is 1. The summed E-state index contributed by atoms with van der Waals surface area (Å²) in [6.45, 7) is 0.535. The molecule has 0 aliphatic carbocycles. The van der Waals surface area contributed by atoms with Crippen LogP contribution in [0.25, 0.3) is 0 Å². The Morgan fingerprint density at radius 3 is 2.75 bits per heavy atom. The van der Waals surface area contributed by atoms with Gasteiger partial charge in [0.2, 0.25) is 0 Å². The van der Waals surface area contributed by atoms with Crippen molar-refractivity contribution in [2.75, 3.05) is 11.0 Å². The minimum Gasteiger partial charge on any atom is -0.391 e. The van der Waals surface area contributed by atoms with Gasteiger partial charge < -0.3 is 9.84 Å². The Morgan fingerprint density at radius 2 is 2.50 bits per heavy atom. The van der Waals surface area contributed by atoms with Gasteiger partial charge in [0.25, 0.3) is 0 Å². The molecule has 2 nitrogen and oxygen atoms in total. The van der Waals surface area contributed by atoms with Crippen LogP contribution in [0.2, 0.25) is 0 Å². The molecular formula is C5H9IO2. The van der Waals surface area contributed by atoms with Crippen molar-refractivity contribution < 1.29 is 9.84 Å². The van der Waals surface area contributed by atoms with Gasteiger partial charge in [-0.1, -0.05) is 22.6 Å². The molecule has 2 atom stereocenters. The molecule has 8 heavy (non-hydrogen) atoms. The lowest BCUT2D eigenvalue weighted by Gasteiger charge is -2.00. The monoisotopic (exact) mass is 228 g/mol. The molecule has 1 fully saturated rings. The Hall–Kier alpha value is 0.650. The normalized spacial score (nSPS) is 38.2. The molecule has 3 heteroatoms. The van der Waals surface area contributed by atoms with Crippen molar-refractivity contribution in [3.63, 3.8) is 0 Å². The molecule has 0 radical (unpaired) electrons. The number of aliphatic hydroxyl groups excluding tert-OH is 1. The molecule has 0 saturated carbocycles. The highest BCUT2D eigenvalue weighted by Gasteiger charge is 2.21. The maximum Gasteiger partial charge on any atom is 0.0798 e. The van der Waals surface area contributed by atoms with Crippen LogP contribution in [0.15, 0.2) is 0 Å². The summed E-state index contributed by atoms with van der Waals surface area (Å²) >= 11 is 2.26. The van der Waals surface area contributed by atoms with Crippen LogP contribution < -0.4 is 0 Å². The van der Waals surface area contributed by atoms with Crippen molar-refractivity contribution in [3.8, 4) is 0 Å². The topological polar surface area (TPSA) is 29.5 Å². The number of halogens is 1. The highest BCUT2D eigenvalue weighted by molar-refractivity contribution is 14.1. The summed E-state index contributed by atoms with van der Waals surface area (Å²) in [5, 5.41) is 8.90. The number of alkyl halides is 1. The molecule has 1 aliphatic rings. The molecule has 0 spiro atoms. The molecule has 0 unspecified atom stereocenters. The van der Waals surface area contributed by atoms with Crippen LogP contribution >= 0.6 is 22.6 Å². The maximum absolute atomic E-state index is 8.90. The third-order valence-electron chi connectivity index (χ3n) is 1.23. The van der Waals surface area contributed by atoms with E-state index in [4.69, 9.17) is 9.84 Å². The quantitative estimate of drug-likeness (QED) is 0.525.